The smallest absolute Gasteiger partial charge is 0.224 e. The number of benzene rings is 1. The fourth-order valence-corrected chi connectivity index (χ4v) is 2.52. The molecule has 2 heterocycles. The summed E-state index contributed by atoms with van der Waals surface area (Å²) in [7, 11) is 0. The average molecular weight is 272 g/mol. The third-order valence-corrected chi connectivity index (χ3v) is 3.48. The van der Waals surface area contributed by atoms with Crippen LogP contribution in [0, 0.1) is 12.7 Å². The van der Waals surface area contributed by atoms with Gasteiger partial charge < -0.3 is 10.2 Å². The van der Waals surface area contributed by atoms with Crippen LogP contribution in [0.1, 0.15) is 18.1 Å². The number of hydrogen-bond acceptors (Lipinski definition) is 4. The largest absolute Gasteiger partial charge is 0.354 e. The maximum absolute atomic E-state index is 13.5. The number of nitrogens with zero attached hydrogens (tertiary/aromatic N) is 3. The van der Waals surface area contributed by atoms with Gasteiger partial charge >= 0.3 is 0 Å². The Kier molecular flexibility index (Phi) is 3.26. The fourth-order valence-electron chi connectivity index (χ4n) is 2.52. The minimum absolute atomic E-state index is 0.214. The zero-order valence-corrected chi connectivity index (χ0v) is 11.7. The van der Waals surface area contributed by atoms with E-state index in [1.807, 2.05) is 19.9 Å². The topological polar surface area (TPSA) is 41.1 Å². The number of fused-ring (bicyclic) bond motifs is 1. The predicted molar refractivity (Wildman–Crippen MR) is 78.0 cm³/mol. The van der Waals surface area contributed by atoms with Gasteiger partial charge in [0.25, 0.3) is 0 Å². The number of aromatic nitrogens is 2. The Labute approximate surface area is 117 Å². The maximum atomic E-state index is 13.5. The molecule has 1 aliphatic heterocycles. The van der Waals surface area contributed by atoms with Gasteiger partial charge in [-0.3, -0.25) is 0 Å². The molecular formula is C15H17FN4. The number of hydrogen-bond donors (Lipinski definition) is 1. The van der Waals surface area contributed by atoms with E-state index in [4.69, 9.17) is 0 Å². The van der Waals surface area contributed by atoms with E-state index < -0.39 is 0 Å². The van der Waals surface area contributed by atoms with E-state index in [1.54, 1.807) is 12.3 Å². The van der Waals surface area contributed by atoms with E-state index in [1.165, 1.54) is 6.07 Å². The Bertz CT molecular complexity index is 642. The Morgan fingerprint density at radius 3 is 3.05 bits per heavy atom. The summed E-state index contributed by atoms with van der Waals surface area (Å²) in [6.07, 6.45) is 2.72. The molecule has 0 saturated heterocycles. The molecule has 0 unspecified atom stereocenters. The van der Waals surface area contributed by atoms with Crippen molar-refractivity contribution in [3.63, 3.8) is 0 Å². The summed E-state index contributed by atoms with van der Waals surface area (Å²) in [6.45, 7) is 5.57. The van der Waals surface area contributed by atoms with Gasteiger partial charge in [0, 0.05) is 30.5 Å². The first kappa shape index (κ1) is 12.8. The molecule has 1 aliphatic rings. The summed E-state index contributed by atoms with van der Waals surface area (Å²) in [5.74, 6) is 1.24. The number of aryl methyl sites for hydroxylation is 1. The van der Waals surface area contributed by atoms with Gasteiger partial charge in [-0.1, -0.05) is 6.07 Å². The minimum atomic E-state index is -0.214. The third kappa shape index (κ3) is 2.19. The molecule has 2 aromatic rings. The molecule has 4 nitrogen and oxygen atoms in total. The lowest BCUT2D eigenvalue weighted by Gasteiger charge is -2.20. The van der Waals surface area contributed by atoms with E-state index in [9.17, 15) is 4.39 Å². The van der Waals surface area contributed by atoms with Crippen LogP contribution < -0.4 is 10.2 Å². The van der Waals surface area contributed by atoms with E-state index in [2.05, 4.69) is 20.2 Å². The van der Waals surface area contributed by atoms with Gasteiger partial charge in [0.05, 0.1) is 0 Å². The summed E-state index contributed by atoms with van der Waals surface area (Å²) in [5.41, 5.74) is 3.06. The summed E-state index contributed by atoms with van der Waals surface area (Å²) in [6, 6.07) is 4.95. The van der Waals surface area contributed by atoms with Gasteiger partial charge in [-0.25, -0.2) is 9.37 Å². The van der Waals surface area contributed by atoms with Crippen molar-refractivity contribution in [3.8, 4) is 0 Å². The van der Waals surface area contributed by atoms with Crippen LogP contribution in [0.4, 0.5) is 21.8 Å². The number of rotatable bonds is 3. The van der Waals surface area contributed by atoms with Gasteiger partial charge in [0.1, 0.15) is 11.6 Å². The minimum Gasteiger partial charge on any atom is -0.354 e. The molecule has 0 fully saturated rings. The van der Waals surface area contributed by atoms with E-state index >= 15 is 0 Å². The quantitative estimate of drug-likeness (QED) is 0.932. The second-order valence-corrected chi connectivity index (χ2v) is 4.91. The molecular weight excluding hydrogens is 255 g/mol. The van der Waals surface area contributed by atoms with Crippen molar-refractivity contribution in [2.75, 3.05) is 23.3 Å². The molecule has 1 N–H and O–H groups in total. The summed E-state index contributed by atoms with van der Waals surface area (Å²) < 4.78 is 13.5. The number of halogens is 1. The van der Waals surface area contributed by atoms with Gasteiger partial charge in [-0.15, -0.1) is 0 Å². The number of anilines is 3. The van der Waals surface area contributed by atoms with Crippen molar-refractivity contribution in [1.82, 2.24) is 9.97 Å². The summed E-state index contributed by atoms with van der Waals surface area (Å²) in [4.78, 5) is 10.9. The highest BCUT2D eigenvalue weighted by Gasteiger charge is 2.23. The standard InChI is InChI=1S/C15H17FN4/c1-3-17-15-18-9-10(2)14(19-15)20-7-6-11-4-5-12(16)8-13(11)20/h4-5,8-9H,3,6-7H2,1-2H3,(H,17,18,19). The maximum Gasteiger partial charge on any atom is 0.224 e. The van der Waals surface area contributed by atoms with Crippen LogP contribution in [-0.2, 0) is 6.42 Å². The molecule has 0 aliphatic carbocycles. The Balaban J connectivity index is 2.03. The van der Waals surface area contributed by atoms with Crippen molar-refractivity contribution in [3.05, 3.63) is 41.3 Å². The van der Waals surface area contributed by atoms with Crippen LogP contribution in [0.5, 0.6) is 0 Å². The van der Waals surface area contributed by atoms with Gasteiger partial charge in [-0.2, -0.15) is 4.98 Å². The van der Waals surface area contributed by atoms with Crippen LogP contribution in [0.2, 0.25) is 0 Å². The molecule has 5 heteroatoms. The lowest BCUT2D eigenvalue weighted by Crippen LogP contribution is -2.17. The van der Waals surface area contributed by atoms with Crippen molar-refractivity contribution >= 4 is 17.5 Å². The molecule has 0 bridgehead atoms. The van der Waals surface area contributed by atoms with Crippen molar-refractivity contribution in [1.29, 1.82) is 0 Å². The van der Waals surface area contributed by atoms with Crippen LogP contribution in [0.15, 0.2) is 24.4 Å². The second kappa shape index (κ2) is 5.07. The molecule has 104 valence electrons. The second-order valence-electron chi connectivity index (χ2n) is 4.91. The van der Waals surface area contributed by atoms with Gasteiger partial charge in [-0.05, 0) is 38.0 Å². The predicted octanol–water partition coefficient (Wildman–Crippen LogP) is 3.05. The highest BCUT2D eigenvalue weighted by Crippen LogP contribution is 2.35. The average Bonchev–Trinajstić information content (AvgIpc) is 2.84. The SMILES string of the molecule is CCNc1ncc(C)c(N2CCc3ccc(F)cc32)n1. The van der Waals surface area contributed by atoms with Crippen LogP contribution in [0.25, 0.3) is 0 Å². The molecule has 0 saturated carbocycles. The Hall–Kier alpha value is -2.17. The molecule has 3 rings (SSSR count). The van der Waals surface area contributed by atoms with Crippen molar-refractivity contribution in [2.24, 2.45) is 0 Å². The zero-order valence-electron chi connectivity index (χ0n) is 11.7. The first-order valence-electron chi connectivity index (χ1n) is 6.82. The molecule has 0 amide bonds. The monoisotopic (exact) mass is 272 g/mol. The van der Waals surface area contributed by atoms with Crippen LogP contribution in [0.3, 0.4) is 0 Å². The molecule has 0 spiro atoms. The van der Waals surface area contributed by atoms with Crippen LogP contribution >= 0.6 is 0 Å². The number of nitrogens with one attached hydrogen (secondary N) is 1. The lowest BCUT2D eigenvalue weighted by molar-refractivity contribution is 0.628. The molecule has 1 aromatic carbocycles. The van der Waals surface area contributed by atoms with E-state index in [-0.39, 0.29) is 5.82 Å². The van der Waals surface area contributed by atoms with Crippen molar-refractivity contribution in [2.45, 2.75) is 20.3 Å². The first-order valence-corrected chi connectivity index (χ1v) is 6.82. The van der Waals surface area contributed by atoms with E-state index in [0.717, 1.165) is 42.1 Å². The Morgan fingerprint density at radius 1 is 1.40 bits per heavy atom. The van der Waals surface area contributed by atoms with Crippen LogP contribution in [-0.4, -0.2) is 23.1 Å². The normalized spacial score (nSPS) is 13.4. The molecule has 20 heavy (non-hydrogen) atoms. The van der Waals surface area contributed by atoms with Gasteiger partial charge in [0.15, 0.2) is 0 Å². The molecule has 0 radical (unpaired) electrons. The summed E-state index contributed by atoms with van der Waals surface area (Å²) >= 11 is 0. The first-order chi connectivity index (χ1) is 9.69. The highest BCUT2D eigenvalue weighted by atomic mass is 19.1. The highest BCUT2D eigenvalue weighted by molar-refractivity contribution is 5.69. The van der Waals surface area contributed by atoms with Crippen molar-refractivity contribution < 1.29 is 4.39 Å². The summed E-state index contributed by atoms with van der Waals surface area (Å²) in [5, 5.41) is 3.11. The van der Waals surface area contributed by atoms with E-state index in [0.29, 0.717) is 5.95 Å². The third-order valence-electron chi connectivity index (χ3n) is 3.48. The lowest BCUT2D eigenvalue weighted by atomic mass is 10.1. The van der Waals surface area contributed by atoms with Gasteiger partial charge in [0.2, 0.25) is 5.95 Å². The Morgan fingerprint density at radius 2 is 2.25 bits per heavy atom. The zero-order chi connectivity index (χ0) is 14.1. The molecule has 1 aromatic heterocycles. The molecule has 0 atom stereocenters. The fraction of sp³-hybridized carbons (Fsp3) is 0.333.